The maximum Gasteiger partial charge on any atom is 0.335 e. The van der Waals surface area contributed by atoms with Crippen LogP contribution in [0.4, 0.5) is 14.9 Å². The highest BCUT2D eigenvalue weighted by Gasteiger charge is 2.37. The van der Waals surface area contributed by atoms with Crippen LogP contribution in [0.1, 0.15) is 29.2 Å². The molecule has 4 amide bonds. The minimum atomic E-state index is -0.855. The van der Waals surface area contributed by atoms with Gasteiger partial charge >= 0.3 is 6.03 Å². The standard InChI is InChI=1S/C27H21ClFIN2O4/c1-3-36-24-12-16(11-23(30)19(24)13-17-6-4-5-7-22(17)29)10-20-25(33)31-27(35)32(26(20)34)18-9-8-15(2)21(28)14-18/h4-12,14H,3,13H2,1-2H3,(H,31,33,35)/b20-10+. The number of aryl methyl sites for hydroxylation is 1. The van der Waals surface area contributed by atoms with E-state index in [1.807, 2.05) is 6.92 Å². The number of amides is 4. The minimum absolute atomic E-state index is 0.216. The van der Waals surface area contributed by atoms with E-state index >= 15 is 0 Å². The van der Waals surface area contributed by atoms with Crippen LogP contribution in [-0.2, 0) is 16.0 Å². The van der Waals surface area contributed by atoms with Crippen molar-refractivity contribution < 1.29 is 23.5 Å². The Balaban J connectivity index is 1.73. The molecule has 0 saturated carbocycles. The van der Waals surface area contributed by atoms with Crippen LogP contribution in [0.3, 0.4) is 0 Å². The van der Waals surface area contributed by atoms with Crippen LogP contribution in [-0.4, -0.2) is 24.5 Å². The van der Waals surface area contributed by atoms with E-state index in [9.17, 15) is 18.8 Å². The number of nitrogens with one attached hydrogen (secondary N) is 1. The number of halogens is 3. The van der Waals surface area contributed by atoms with Gasteiger partial charge in [0.15, 0.2) is 0 Å². The molecule has 1 heterocycles. The fraction of sp³-hybridized carbons (Fsp3) is 0.148. The second-order valence-electron chi connectivity index (χ2n) is 8.07. The first kappa shape index (κ1) is 25.8. The van der Waals surface area contributed by atoms with Gasteiger partial charge in [-0.15, -0.1) is 0 Å². The van der Waals surface area contributed by atoms with Gasteiger partial charge in [-0.3, -0.25) is 14.9 Å². The fourth-order valence-corrected chi connectivity index (χ4v) is 4.77. The molecule has 1 aliphatic heterocycles. The molecule has 6 nitrogen and oxygen atoms in total. The smallest absolute Gasteiger partial charge is 0.335 e. The van der Waals surface area contributed by atoms with Crippen LogP contribution in [0.25, 0.3) is 6.08 Å². The fourth-order valence-electron chi connectivity index (χ4n) is 3.78. The number of rotatable bonds is 6. The zero-order valence-electron chi connectivity index (χ0n) is 19.4. The van der Waals surface area contributed by atoms with E-state index in [2.05, 4.69) is 27.9 Å². The van der Waals surface area contributed by atoms with Crippen molar-refractivity contribution in [2.24, 2.45) is 0 Å². The van der Waals surface area contributed by atoms with Crippen LogP contribution < -0.4 is 15.0 Å². The maximum absolute atomic E-state index is 14.3. The molecule has 36 heavy (non-hydrogen) atoms. The molecule has 1 saturated heterocycles. The normalized spacial score (nSPS) is 14.9. The Labute approximate surface area is 226 Å². The summed E-state index contributed by atoms with van der Waals surface area (Å²) in [5.41, 5.74) is 2.65. The van der Waals surface area contributed by atoms with Crippen molar-refractivity contribution in [2.75, 3.05) is 11.5 Å². The van der Waals surface area contributed by atoms with Crippen molar-refractivity contribution >= 4 is 63.8 Å². The number of benzene rings is 3. The van der Waals surface area contributed by atoms with Gasteiger partial charge in [0.05, 0.1) is 12.3 Å². The summed E-state index contributed by atoms with van der Waals surface area (Å²) in [7, 11) is 0. The highest BCUT2D eigenvalue weighted by Crippen LogP contribution is 2.32. The van der Waals surface area contributed by atoms with Gasteiger partial charge in [-0.2, -0.15) is 0 Å². The number of carbonyl (C=O) groups excluding carboxylic acids is 3. The number of barbiturate groups is 1. The Morgan fingerprint density at radius 2 is 1.86 bits per heavy atom. The zero-order valence-corrected chi connectivity index (χ0v) is 22.3. The number of urea groups is 1. The van der Waals surface area contributed by atoms with Gasteiger partial charge in [-0.05, 0) is 89.5 Å². The summed E-state index contributed by atoms with van der Waals surface area (Å²) in [6.45, 7) is 4.00. The van der Waals surface area contributed by atoms with E-state index in [1.54, 1.807) is 49.4 Å². The molecule has 1 N–H and O–H groups in total. The van der Waals surface area contributed by atoms with E-state index in [0.717, 1.165) is 19.6 Å². The van der Waals surface area contributed by atoms with Crippen molar-refractivity contribution in [3.8, 4) is 5.75 Å². The van der Waals surface area contributed by atoms with Gasteiger partial charge < -0.3 is 4.74 Å². The van der Waals surface area contributed by atoms with Crippen LogP contribution in [0.5, 0.6) is 5.75 Å². The molecule has 3 aromatic rings. The molecule has 0 spiro atoms. The van der Waals surface area contributed by atoms with Gasteiger partial charge in [0.25, 0.3) is 11.8 Å². The topological polar surface area (TPSA) is 75.7 Å². The van der Waals surface area contributed by atoms with Crippen molar-refractivity contribution in [1.29, 1.82) is 0 Å². The molecule has 0 radical (unpaired) electrons. The van der Waals surface area contributed by atoms with Crippen molar-refractivity contribution in [3.05, 3.63) is 96.8 Å². The van der Waals surface area contributed by atoms with Gasteiger partial charge in [-0.1, -0.05) is 35.9 Å². The van der Waals surface area contributed by atoms with Crippen molar-refractivity contribution in [2.45, 2.75) is 20.3 Å². The molecule has 9 heteroatoms. The summed E-state index contributed by atoms with van der Waals surface area (Å²) in [4.78, 5) is 39.2. The first-order chi connectivity index (χ1) is 17.2. The third-order valence-corrected chi connectivity index (χ3v) is 7.00. The van der Waals surface area contributed by atoms with E-state index in [1.165, 1.54) is 18.2 Å². The molecular weight excluding hydrogens is 598 g/mol. The summed E-state index contributed by atoms with van der Waals surface area (Å²) in [5, 5.41) is 2.59. The van der Waals surface area contributed by atoms with Crippen molar-refractivity contribution in [3.63, 3.8) is 0 Å². The lowest BCUT2D eigenvalue weighted by atomic mass is 10.00. The Bertz CT molecular complexity index is 1420. The number of hydrogen-bond acceptors (Lipinski definition) is 4. The van der Waals surface area contributed by atoms with E-state index < -0.39 is 17.8 Å². The zero-order chi connectivity index (χ0) is 26.0. The van der Waals surface area contributed by atoms with Gasteiger partial charge in [-0.25, -0.2) is 14.1 Å². The Morgan fingerprint density at radius 1 is 1.11 bits per heavy atom. The third-order valence-electron chi connectivity index (χ3n) is 5.63. The Hall–Kier alpha value is -3.24. The van der Waals surface area contributed by atoms with E-state index in [-0.39, 0.29) is 17.1 Å². The summed E-state index contributed by atoms with van der Waals surface area (Å²) in [6, 6.07) is 13.9. The average molecular weight is 619 g/mol. The minimum Gasteiger partial charge on any atom is -0.494 e. The largest absolute Gasteiger partial charge is 0.494 e. The molecule has 1 fully saturated rings. The second kappa shape index (κ2) is 10.8. The maximum atomic E-state index is 14.3. The molecule has 0 unspecified atom stereocenters. The Morgan fingerprint density at radius 3 is 2.56 bits per heavy atom. The molecule has 0 atom stereocenters. The lowest BCUT2D eigenvalue weighted by molar-refractivity contribution is -0.122. The first-order valence-corrected chi connectivity index (χ1v) is 12.5. The van der Waals surface area contributed by atoms with Gasteiger partial charge in [0.1, 0.15) is 17.1 Å². The summed E-state index contributed by atoms with van der Waals surface area (Å²) in [5.74, 6) is -1.37. The predicted octanol–water partition coefficient (Wildman–Crippen LogP) is 6.05. The molecule has 184 valence electrons. The van der Waals surface area contributed by atoms with Crippen LogP contribution in [0.2, 0.25) is 5.02 Å². The molecule has 0 aromatic heterocycles. The first-order valence-electron chi connectivity index (χ1n) is 11.1. The highest BCUT2D eigenvalue weighted by molar-refractivity contribution is 14.1. The molecule has 4 rings (SSSR count). The SMILES string of the molecule is CCOc1cc(/C=C2\C(=O)NC(=O)N(c3ccc(C)c(Cl)c3)C2=O)cc(I)c1Cc1ccccc1F. The number of ether oxygens (including phenoxy) is 1. The number of anilines is 1. The Kier molecular flexibility index (Phi) is 7.75. The van der Waals surface area contributed by atoms with Crippen LogP contribution in [0, 0.1) is 16.3 Å². The lowest BCUT2D eigenvalue weighted by Crippen LogP contribution is -2.54. The van der Waals surface area contributed by atoms with Crippen LogP contribution in [0.15, 0.2) is 60.2 Å². The molecule has 1 aliphatic rings. The molecule has 0 aliphatic carbocycles. The van der Waals surface area contributed by atoms with E-state index in [0.29, 0.717) is 34.9 Å². The summed E-state index contributed by atoms with van der Waals surface area (Å²) in [6.07, 6.45) is 1.72. The molecular formula is C27H21ClFIN2O4. The quantitative estimate of drug-likeness (QED) is 0.208. The monoisotopic (exact) mass is 618 g/mol. The number of imide groups is 2. The lowest BCUT2D eigenvalue weighted by Gasteiger charge is -2.26. The molecule has 0 bridgehead atoms. The van der Waals surface area contributed by atoms with E-state index in [4.69, 9.17) is 16.3 Å². The third kappa shape index (κ3) is 5.29. The summed E-state index contributed by atoms with van der Waals surface area (Å²) < 4.78 is 20.9. The van der Waals surface area contributed by atoms with Crippen LogP contribution >= 0.6 is 34.2 Å². The average Bonchev–Trinajstić information content (AvgIpc) is 2.82. The van der Waals surface area contributed by atoms with Crippen molar-refractivity contribution in [1.82, 2.24) is 5.32 Å². The number of hydrogen-bond donors (Lipinski definition) is 1. The highest BCUT2D eigenvalue weighted by atomic mass is 127. The number of carbonyl (C=O) groups is 3. The second-order valence-corrected chi connectivity index (χ2v) is 9.64. The summed E-state index contributed by atoms with van der Waals surface area (Å²) >= 11 is 8.30. The predicted molar refractivity (Wildman–Crippen MR) is 145 cm³/mol. The van der Waals surface area contributed by atoms with Gasteiger partial charge in [0, 0.05) is 20.6 Å². The van der Waals surface area contributed by atoms with Gasteiger partial charge in [0.2, 0.25) is 0 Å². The number of nitrogens with zero attached hydrogens (tertiary/aromatic N) is 1. The molecule has 3 aromatic carbocycles.